The largest absolute Gasteiger partial charge is 0.383 e. The summed E-state index contributed by atoms with van der Waals surface area (Å²) >= 11 is 0. The summed E-state index contributed by atoms with van der Waals surface area (Å²) in [5.41, 5.74) is 0. The molecular formula is C14H30N2O. The van der Waals surface area contributed by atoms with E-state index in [1.807, 2.05) is 0 Å². The number of nitrogens with zero attached hydrogens (tertiary/aromatic N) is 1. The quantitative estimate of drug-likeness (QED) is 0.705. The Bertz CT molecular complexity index is 195. The van der Waals surface area contributed by atoms with Crippen molar-refractivity contribution in [3.05, 3.63) is 0 Å². The van der Waals surface area contributed by atoms with E-state index in [0.29, 0.717) is 6.04 Å². The molecule has 1 heterocycles. The fourth-order valence-electron chi connectivity index (χ4n) is 2.90. The van der Waals surface area contributed by atoms with Gasteiger partial charge in [0.05, 0.1) is 6.61 Å². The Balaban J connectivity index is 2.49. The molecule has 0 aliphatic carbocycles. The van der Waals surface area contributed by atoms with Crippen LogP contribution in [0.4, 0.5) is 0 Å². The zero-order valence-electron chi connectivity index (χ0n) is 12.0. The van der Waals surface area contributed by atoms with Gasteiger partial charge in [0.25, 0.3) is 0 Å². The van der Waals surface area contributed by atoms with Crippen molar-refractivity contribution in [2.75, 3.05) is 33.4 Å². The van der Waals surface area contributed by atoms with Crippen molar-refractivity contribution in [1.82, 2.24) is 10.2 Å². The molecule has 3 nitrogen and oxygen atoms in total. The normalized spacial score (nSPS) is 25.1. The van der Waals surface area contributed by atoms with Gasteiger partial charge in [-0.25, -0.2) is 0 Å². The molecule has 0 aromatic heterocycles. The highest BCUT2D eigenvalue weighted by Crippen LogP contribution is 2.19. The van der Waals surface area contributed by atoms with E-state index in [9.17, 15) is 0 Å². The number of rotatable bonds is 8. The van der Waals surface area contributed by atoms with E-state index < -0.39 is 0 Å². The molecule has 2 unspecified atom stereocenters. The van der Waals surface area contributed by atoms with Crippen molar-refractivity contribution in [3.63, 3.8) is 0 Å². The lowest BCUT2D eigenvalue weighted by Gasteiger charge is -2.33. The Morgan fingerprint density at radius 3 is 2.53 bits per heavy atom. The van der Waals surface area contributed by atoms with Crippen molar-refractivity contribution >= 4 is 0 Å². The molecule has 0 amide bonds. The summed E-state index contributed by atoms with van der Waals surface area (Å²) in [6.45, 7) is 11.3. The van der Waals surface area contributed by atoms with Gasteiger partial charge < -0.3 is 10.1 Å². The second-order valence-corrected chi connectivity index (χ2v) is 5.25. The van der Waals surface area contributed by atoms with Gasteiger partial charge in [-0.15, -0.1) is 0 Å². The lowest BCUT2D eigenvalue weighted by Crippen LogP contribution is -2.42. The van der Waals surface area contributed by atoms with Gasteiger partial charge in [0, 0.05) is 32.3 Å². The van der Waals surface area contributed by atoms with E-state index >= 15 is 0 Å². The Morgan fingerprint density at radius 2 is 2.06 bits per heavy atom. The number of methoxy groups -OCH3 is 1. The highest BCUT2D eigenvalue weighted by Gasteiger charge is 2.26. The molecule has 0 spiro atoms. The highest BCUT2D eigenvalue weighted by molar-refractivity contribution is 4.84. The molecule has 102 valence electrons. The van der Waals surface area contributed by atoms with Crippen molar-refractivity contribution in [2.24, 2.45) is 5.92 Å². The predicted molar refractivity (Wildman–Crippen MR) is 73.4 cm³/mol. The van der Waals surface area contributed by atoms with E-state index in [1.165, 1.54) is 32.4 Å². The second-order valence-electron chi connectivity index (χ2n) is 5.25. The molecule has 1 saturated heterocycles. The summed E-state index contributed by atoms with van der Waals surface area (Å²) in [6, 6.07) is 1.40. The van der Waals surface area contributed by atoms with E-state index in [-0.39, 0.29) is 0 Å². The lowest BCUT2D eigenvalue weighted by atomic mass is 9.99. The summed E-state index contributed by atoms with van der Waals surface area (Å²) in [6.07, 6.45) is 3.81. The Labute approximate surface area is 107 Å². The van der Waals surface area contributed by atoms with Crippen LogP contribution in [-0.2, 0) is 4.74 Å². The third-order valence-electron chi connectivity index (χ3n) is 4.20. The van der Waals surface area contributed by atoms with Crippen LogP contribution in [0.2, 0.25) is 0 Å². The topological polar surface area (TPSA) is 24.5 Å². The first-order chi connectivity index (χ1) is 8.22. The van der Waals surface area contributed by atoms with Gasteiger partial charge in [-0.2, -0.15) is 0 Å². The van der Waals surface area contributed by atoms with Crippen LogP contribution in [0.1, 0.15) is 40.0 Å². The third-order valence-corrected chi connectivity index (χ3v) is 4.20. The summed E-state index contributed by atoms with van der Waals surface area (Å²) in [7, 11) is 1.80. The van der Waals surface area contributed by atoms with E-state index in [0.717, 1.165) is 25.1 Å². The van der Waals surface area contributed by atoms with Crippen molar-refractivity contribution in [3.8, 4) is 0 Å². The van der Waals surface area contributed by atoms with Crippen LogP contribution < -0.4 is 5.32 Å². The molecule has 1 aliphatic heterocycles. The summed E-state index contributed by atoms with van der Waals surface area (Å²) in [5.74, 6) is 0.812. The monoisotopic (exact) mass is 242 g/mol. The van der Waals surface area contributed by atoms with E-state index in [1.54, 1.807) is 7.11 Å². The van der Waals surface area contributed by atoms with Crippen LogP contribution in [0, 0.1) is 5.92 Å². The summed E-state index contributed by atoms with van der Waals surface area (Å²) < 4.78 is 5.25. The molecule has 1 fully saturated rings. The molecule has 3 heteroatoms. The van der Waals surface area contributed by atoms with E-state index in [2.05, 4.69) is 31.0 Å². The van der Waals surface area contributed by atoms with Gasteiger partial charge in [0.15, 0.2) is 0 Å². The lowest BCUT2D eigenvalue weighted by molar-refractivity contribution is 0.0998. The molecule has 0 aromatic rings. The van der Waals surface area contributed by atoms with Crippen LogP contribution in [0.15, 0.2) is 0 Å². The molecule has 0 saturated carbocycles. The number of hydrogen-bond donors (Lipinski definition) is 1. The van der Waals surface area contributed by atoms with Crippen molar-refractivity contribution in [1.29, 1.82) is 0 Å². The maximum absolute atomic E-state index is 5.25. The van der Waals surface area contributed by atoms with Crippen LogP contribution >= 0.6 is 0 Å². The maximum atomic E-state index is 5.25. The highest BCUT2D eigenvalue weighted by atomic mass is 16.5. The van der Waals surface area contributed by atoms with Crippen LogP contribution in [0.25, 0.3) is 0 Å². The average molecular weight is 242 g/mol. The first-order valence-corrected chi connectivity index (χ1v) is 7.19. The first-order valence-electron chi connectivity index (χ1n) is 7.19. The fourth-order valence-corrected chi connectivity index (χ4v) is 2.90. The van der Waals surface area contributed by atoms with Gasteiger partial charge in [0.1, 0.15) is 0 Å². The molecule has 1 aliphatic rings. The molecule has 1 N–H and O–H groups in total. The summed E-state index contributed by atoms with van der Waals surface area (Å²) in [4.78, 5) is 2.64. The van der Waals surface area contributed by atoms with Gasteiger partial charge in [-0.1, -0.05) is 13.8 Å². The molecule has 1 rings (SSSR count). The number of nitrogens with one attached hydrogen (secondary N) is 1. The molecule has 0 radical (unpaired) electrons. The first kappa shape index (κ1) is 14.9. The molecule has 0 aromatic carbocycles. The van der Waals surface area contributed by atoms with Crippen molar-refractivity contribution in [2.45, 2.75) is 52.1 Å². The van der Waals surface area contributed by atoms with Gasteiger partial charge in [-0.05, 0) is 38.6 Å². The molecule has 2 atom stereocenters. The van der Waals surface area contributed by atoms with Gasteiger partial charge in [0.2, 0.25) is 0 Å². The smallest absolute Gasteiger partial charge is 0.0589 e. The van der Waals surface area contributed by atoms with Crippen molar-refractivity contribution < 1.29 is 4.74 Å². The number of ether oxygens (including phenoxy) is 1. The Morgan fingerprint density at radius 1 is 1.35 bits per heavy atom. The fraction of sp³-hybridized carbons (Fsp3) is 1.00. The van der Waals surface area contributed by atoms with Crippen LogP contribution in [0.3, 0.4) is 0 Å². The number of hydrogen-bond acceptors (Lipinski definition) is 3. The van der Waals surface area contributed by atoms with Gasteiger partial charge >= 0.3 is 0 Å². The predicted octanol–water partition coefficient (Wildman–Crippen LogP) is 2.12. The zero-order chi connectivity index (χ0) is 12.7. The van der Waals surface area contributed by atoms with Crippen LogP contribution in [-0.4, -0.2) is 50.3 Å². The minimum Gasteiger partial charge on any atom is -0.383 e. The average Bonchev–Trinajstić information content (AvgIpc) is 2.73. The minimum absolute atomic E-state index is 0.675. The third kappa shape index (κ3) is 4.57. The van der Waals surface area contributed by atoms with E-state index in [4.69, 9.17) is 4.74 Å². The zero-order valence-corrected chi connectivity index (χ0v) is 12.0. The molecule has 0 bridgehead atoms. The van der Waals surface area contributed by atoms with Crippen LogP contribution in [0.5, 0.6) is 0 Å². The Kier molecular flexibility index (Phi) is 7.09. The molecular weight excluding hydrogens is 212 g/mol. The van der Waals surface area contributed by atoms with Gasteiger partial charge in [-0.3, -0.25) is 4.90 Å². The maximum Gasteiger partial charge on any atom is 0.0589 e. The second kappa shape index (κ2) is 8.06. The molecule has 17 heavy (non-hydrogen) atoms. The standard InChI is InChI=1S/C14H30N2O/c1-5-14(6-2)16(9-10-17-4)11-13-7-8-15-12(13)3/h12-15H,5-11H2,1-4H3. The Hall–Kier alpha value is -0.120. The SMILES string of the molecule is CCC(CC)N(CCOC)CC1CCNC1C. The summed E-state index contributed by atoms with van der Waals surface area (Å²) in [5, 5.41) is 3.55. The minimum atomic E-state index is 0.675.